The van der Waals surface area contributed by atoms with Gasteiger partial charge in [-0.2, -0.15) is 0 Å². The van der Waals surface area contributed by atoms with Crippen LogP contribution in [0, 0.1) is 5.92 Å². The van der Waals surface area contributed by atoms with Gasteiger partial charge in [-0.05, 0) is 25.0 Å². The number of nitrogens with zero attached hydrogens (tertiary/aromatic N) is 2. The van der Waals surface area contributed by atoms with E-state index in [1.54, 1.807) is 55.4 Å². The molecule has 0 saturated carbocycles. The first-order chi connectivity index (χ1) is 15.8. The van der Waals surface area contributed by atoms with Gasteiger partial charge in [0.15, 0.2) is 0 Å². The van der Waals surface area contributed by atoms with Crippen molar-refractivity contribution < 1.29 is 23.9 Å². The molecule has 1 aliphatic heterocycles. The Morgan fingerprint density at radius 3 is 1.97 bits per heavy atom. The molecule has 2 N–H and O–H groups in total. The Labute approximate surface area is 193 Å². The van der Waals surface area contributed by atoms with Gasteiger partial charge in [-0.25, -0.2) is 4.79 Å². The van der Waals surface area contributed by atoms with Crippen molar-refractivity contribution in [3.05, 3.63) is 48.0 Å². The number of benzene rings is 2. The van der Waals surface area contributed by atoms with Crippen LogP contribution >= 0.6 is 0 Å². The molecule has 3 rings (SSSR count). The zero-order chi connectivity index (χ0) is 24.0. The predicted molar refractivity (Wildman–Crippen MR) is 126 cm³/mol. The molecule has 0 radical (unpaired) electrons. The van der Waals surface area contributed by atoms with Gasteiger partial charge in [-0.3, -0.25) is 9.59 Å². The Morgan fingerprint density at radius 2 is 1.45 bits per heavy atom. The zero-order valence-corrected chi connectivity index (χ0v) is 19.4. The largest absolute Gasteiger partial charge is 0.494 e. The maximum atomic E-state index is 12.9. The number of amides is 4. The quantitative estimate of drug-likeness (QED) is 0.698. The highest BCUT2D eigenvalue weighted by atomic mass is 16.5. The van der Waals surface area contributed by atoms with Crippen LogP contribution in [0.5, 0.6) is 11.5 Å². The number of hydrogen-bond acceptors (Lipinski definition) is 5. The SMILES string of the molecule is COc1cc(NC(=O)C2CCN(C(=O)N(C)C)CC2)c(OC)cc1NC(=O)c1ccccc1. The molecule has 2 aromatic carbocycles. The minimum absolute atomic E-state index is 0.0478. The second-order valence-electron chi connectivity index (χ2n) is 8.00. The van der Waals surface area contributed by atoms with Gasteiger partial charge in [0.05, 0.1) is 25.6 Å². The van der Waals surface area contributed by atoms with Gasteiger partial charge >= 0.3 is 6.03 Å². The molecule has 1 heterocycles. The normalized spacial score (nSPS) is 13.8. The molecule has 176 valence electrons. The van der Waals surface area contributed by atoms with Crippen LogP contribution in [0.1, 0.15) is 23.2 Å². The first kappa shape index (κ1) is 23.9. The molecule has 0 aliphatic carbocycles. The Hall–Kier alpha value is -3.75. The number of anilines is 2. The first-order valence-corrected chi connectivity index (χ1v) is 10.7. The van der Waals surface area contributed by atoms with Crippen LogP contribution in [0.4, 0.5) is 16.2 Å². The van der Waals surface area contributed by atoms with Crippen molar-refractivity contribution in [2.75, 3.05) is 52.0 Å². The molecule has 9 heteroatoms. The predicted octanol–water partition coefficient (Wildman–Crippen LogP) is 3.29. The molecular formula is C24H30N4O5. The number of carbonyl (C=O) groups excluding carboxylic acids is 3. The molecule has 0 bridgehead atoms. The van der Waals surface area contributed by atoms with Crippen molar-refractivity contribution in [3.8, 4) is 11.5 Å². The number of likely N-dealkylation sites (tertiary alicyclic amines) is 1. The van der Waals surface area contributed by atoms with Gasteiger partial charge in [0.25, 0.3) is 5.91 Å². The smallest absolute Gasteiger partial charge is 0.319 e. The number of urea groups is 1. The summed E-state index contributed by atoms with van der Waals surface area (Å²) in [6, 6.07) is 12.0. The molecule has 0 unspecified atom stereocenters. The number of nitrogens with one attached hydrogen (secondary N) is 2. The van der Waals surface area contributed by atoms with Crippen molar-refractivity contribution in [3.63, 3.8) is 0 Å². The highest BCUT2D eigenvalue weighted by molar-refractivity contribution is 6.05. The second kappa shape index (κ2) is 10.7. The van der Waals surface area contributed by atoms with E-state index < -0.39 is 0 Å². The third-order valence-electron chi connectivity index (χ3n) is 5.58. The molecule has 0 aromatic heterocycles. The number of methoxy groups -OCH3 is 2. The Bertz CT molecular complexity index is 1000. The lowest BCUT2D eigenvalue weighted by atomic mass is 9.96. The van der Waals surface area contributed by atoms with Gasteiger partial charge in [-0.15, -0.1) is 0 Å². The van der Waals surface area contributed by atoms with Gasteiger partial charge in [0, 0.05) is 50.8 Å². The van der Waals surface area contributed by atoms with E-state index in [1.807, 2.05) is 6.07 Å². The summed E-state index contributed by atoms with van der Waals surface area (Å²) in [4.78, 5) is 40.9. The fourth-order valence-corrected chi connectivity index (χ4v) is 3.73. The number of piperidine rings is 1. The second-order valence-corrected chi connectivity index (χ2v) is 8.00. The number of rotatable bonds is 6. The maximum absolute atomic E-state index is 12.9. The molecule has 1 aliphatic rings. The van der Waals surface area contributed by atoms with Gasteiger partial charge in [0.2, 0.25) is 5.91 Å². The summed E-state index contributed by atoms with van der Waals surface area (Å²) in [6.45, 7) is 1.06. The lowest BCUT2D eigenvalue weighted by Crippen LogP contribution is -2.45. The van der Waals surface area contributed by atoms with E-state index in [0.717, 1.165) is 0 Å². The summed E-state index contributed by atoms with van der Waals surface area (Å²) in [5, 5.41) is 5.74. The standard InChI is InChI=1S/C24H30N4O5/c1-27(2)24(31)28-12-10-17(11-13-28)23(30)26-19-15-20(32-3)18(14-21(19)33-4)25-22(29)16-8-6-5-7-9-16/h5-9,14-15,17H,10-13H2,1-4H3,(H,25,29)(H,26,30). The van der Waals surface area contributed by atoms with Gasteiger partial charge in [-0.1, -0.05) is 18.2 Å². The van der Waals surface area contributed by atoms with Crippen LogP contribution in [0.25, 0.3) is 0 Å². The monoisotopic (exact) mass is 454 g/mol. The van der Waals surface area contributed by atoms with Crippen molar-refractivity contribution in [2.24, 2.45) is 5.92 Å². The molecule has 2 aromatic rings. The topological polar surface area (TPSA) is 100 Å². The molecule has 1 saturated heterocycles. The third kappa shape index (κ3) is 5.74. The minimum atomic E-state index is -0.285. The Kier molecular flexibility index (Phi) is 7.76. The number of carbonyl (C=O) groups is 3. The summed E-state index contributed by atoms with van der Waals surface area (Å²) in [5.74, 6) is 0.138. The van der Waals surface area contributed by atoms with Crippen LogP contribution in [0.3, 0.4) is 0 Å². The van der Waals surface area contributed by atoms with Crippen LogP contribution in [-0.2, 0) is 4.79 Å². The summed E-state index contributed by atoms with van der Waals surface area (Å²) in [6.07, 6.45) is 1.16. The average molecular weight is 455 g/mol. The van der Waals surface area contributed by atoms with E-state index in [1.165, 1.54) is 19.1 Å². The number of hydrogen-bond donors (Lipinski definition) is 2. The maximum Gasteiger partial charge on any atom is 0.319 e. The molecular weight excluding hydrogens is 424 g/mol. The van der Waals surface area contributed by atoms with Crippen molar-refractivity contribution in [1.82, 2.24) is 9.80 Å². The lowest BCUT2D eigenvalue weighted by molar-refractivity contribution is -0.121. The fraction of sp³-hybridized carbons (Fsp3) is 0.375. The molecule has 1 fully saturated rings. The van der Waals surface area contributed by atoms with Crippen LogP contribution in [0.2, 0.25) is 0 Å². The molecule has 0 spiro atoms. The summed E-state index contributed by atoms with van der Waals surface area (Å²) < 4.78 is 10.9. The summed E-state index contributed by atoms with van der Waals surface area (Å²) in [5.41, 5.74) is 1.38. The van der Waals surface area contributed by atoms with Crippen molar-refractivity contribution in [2.45, 2.75) is 12.8 Å². The van der Waals surface area contributed by atoms with E-state index in [2.05, 4.69) is 10.6 Å². The van der Waals surface area contributed by atoms with Crippen LogP contribution < -0.4 is 20.1 Å². The van der Waals surface area contributed by atoms with E-state index in [4.69, 9.17) is 9.47 Å². The minimum Gasteiger partial charge on any atom is -0.494 e. The van der Waals surface area contributed by atoms with E-state index in [9.17, 15) is 14.4 Å². The van der Waals surface area contributed by atoms with E-state index >= 15 is 0 Å². The molecule has 4 amide bonds. The van der Waals surface area contributed by atoms with E-state index in [-0.39, 0.29) is 23.8 Å². The van der Waals surface area contributed by atoms with Crippen molar-refractivity contribution in [1.29, 1.82) is 0 Å². The fourth-order valence-electron chi connectivity index (χ4n) is 3.73. The molecule has 0 atom stereocenters. The zero-order valence-electron chi connectivity index (χ0n) is 19.4. The Balaban J connectivity index is 1.71. The van der Waals surface area contributed by atoms with Gasteiger partial charge < -0.3 is 29.9 Å². The highest BCUT2D eigenvalue weighted by Crippen LogP contribution is 2.37. The van der Waals surface area contributed by atoms with Crippen LogP contribution in [0.15, 0.2) is 42.5 Å². The summed E-state index contributed by atoms with van der Waals surface area (Å²) in [7, 11) is 6.41. The Morgan fingerprint density at radius 1 is 0.909 bits per heavy atom. The highest BCUT2D eigenvalue weighted by Gasteiger charge is 2.28. The van der Waals surface area contributed by atoms with E-state index in [0.29, 0.717) is 54.4 Å². The van der Waals surface area contributed by atoms with Gasteiger partial charge in [0.1, 0.15) is 11.5 Å². The third-order valence-corrected chi connectivity index (χ3v) is 5.58. The van der Waals surface area contributed by atoms with Crippen LogP contribution in [-0.4, -0.2) is 69.0 Å². The number of ether oxygens (including phenoxy) is 2. The summed E-state index contributed by atoms with van der Waals surface area (Å²) >= 11 is 0. The molecule has 33 heavy (non-hydrogen) atoms. The first-order valence-electron chi connectivity index (χ1n) is 10.7. The average Bonchev–Trinajstić information content (AvgIpc) is 2.84. The lowest BCUT2D eigenvalue weighted by Gasteiger charge is -2.33. The van der Waals surface area contributed by atoms with Crippen molar-refractivity contribution >= 4 is 29.2 Å². The molecule has 9 nitrogen and oxygen atoms in total.